The number of rotatable bonds is 2. The Kier molecular flexibility index (Phi) is 11.9. The first-order chi connectivity index (χ1) is 11.1. The van der Waals surface area contributed by atoms with E-state index in [2.05, 4.69) is 0 Å². The largest absolute Gasteiger partial charge is 0.512 e. The molecule has 0 bridgehead atoms. The van der Waals surface area contributed by atoms with Crippen molar-refractivity contribution >= 4 is 11.6 Å². The van der Waals surface area contributed by atoms with E-state index in [0.717, 1.165) is 0 Å². The standard InChI is InChI=1S/2C11H20O2.Mn/c2*1-10(2,3)8(12)7-9(13)11(4,5)6;/h2*7,12H,1-6H3;/b2*8-7-;. The van der Waals surface area contributed by atoms with Gasteiger partial charge in [0, 0.05) is 50.9 Å². The molecule has 0 saturated carbocycles. The van der Waals surface area contributed by atoms with Crippen molar-refractivity contribution in [1.29, 1.82) is 0 Å². The minimum atomic E-state index is -0.417. The predicted molar refractivity (Wildman–Crippen MR) is 109 cm³/mol. The summed E-state index contributed by atoms with van der Waals surface area (Å²) in [6.45, 7) is 22.2. The molecular weight excluding hydrogens is 383 g/mol. The maximum Gasteiger partial charge on any atom is 0.164 e. The summed E-state index contributed by atoms with van der Waals surface area (Å²) in [5.74, 6) is 0.208. The number of allylic oxidation sites excluding steroid dienone is 4. The minimum Gasteiger partial charge on any atom is -0.512 e. The summed E-state index contributed by atoms with van der Waals surface area (Å²) in [7, 11) is 0. The maximum atomic E-state index is 11.5. The van der Waals surface area contributed by atoms with E-state index in [1.165, 1.54) is 12.2 Å². The monoisotopic (exact) mass is 423 g/mol. The van der Waals surface area contributed by atoms with Gasteiger partial charge in [0.2, 0.25) is 0 Å². The minimum absolute atomic E-state index is 0. The van der Waals surface area contributed by atoms with Crippen LogP contribution < -0.4 is 0 Å². The molecule has 0 aromatic rings. The Bertz CT molecular complexity index is 505. The van der Waals surface area contributed by atoms with Gasteiger partial charge in [-0.3, -0.25) is 9.59 Å². The third-order valence-electron chi connectivity index (χ3n) is 3.55. The fraction of sp³-hybridized carbons (Fsp3) is 0.727. The van der Waals surface area contributed by atoms with Crippen LogP contribution in [-0.2, 0) is 26.7 Å². The second-order valence-corrected chi connectivity index (χ2v) is 10.8. The number of hydrogen-bond acceptors (Lipinski definition) is 4. The Morgan fingerprint density at radius 2 is 0.704 bits per heavy atom. The molecule has 0 unspecified atom stereocenters. The van der Waals surface area contributed by atoms with Gasteiger partial charge in [0.1, 0.15) is 11.5 Å². The van der Waals surface area contributed by atoms with Crippen LogP contribution in [0.5, 0.6) is 0 Å². The Morgan fingerprint density at radius 1 is 0.519 bits per heavy atom. The van der Waals surface area contributed by atoms with Crippen LogP contribution in [0.25, 0.3) is 0 Å². The molecule has 0 atom stereocenters. The molecule has 0 aromatic carbocycles. The molecule has 1 radical (unpaired) electrons. The fourth-order valence-corrected chi connectivity index (χ4v) is 1.11. The van der Waals surface area contributed by atoms with E-state index in [1.807, 2.05) is 83.1 Å². The molecule has 0 heterocycles. The molecule has 0 aliphatic rings. The molecule has 0 rings (SSSR count). The van der Waals surface area contributed by atoms with Crippen LogP contribution in [0.3, 0.4) is 0 Å². The molecule has 159 valence electrons. The summed E-state index contributed by atoms with van der Waals surface area (Å²) in [5.41, 5.74) is -1.53. The SMILES string of the molecule is CC(C)(C)C(=O)/C=C(\O)C(C)(C)C.CC(C)(C)C(=O)/C=C(\O)C(C)(C)C.[Mn]. The first kappa shape index (κ1) is 30.7. The molecule has 0 aliphatic carbocycles. The quantitative estimate of drug-likeness (QED) is 0.316. The molecule has 0 aliphatic heterocycles. The van der Waals surface area contributed by atoms with Gasteiger partial charge in [0.15, 0.2) is 11.6 Å². The van der Waals surface area contributed by atoms with Crippen molar-refractivity contribution in [3.8, 4) is 0 Å². The van der Waals surface area contributed by atoms with Crippen LogP contribution in [0, 0.1) is 21.7 Å². The molecular formula is C22H40MnO4. The van der Waals surface area contributed by atoms with Gasteiger partial charge < -0.3 is 10.2 Å². The fourth-order valence-electron chi connectivity index (χ4n) is 1.11. The van der Waals surface area contributed by atoms with Gasteiger partial charge in [-0.2, -0.15) is 0 Å². The third-order valence-corrected chi connectivity index (χ3v) is 3.55. The number of aliphatic hydroxyl groups is 2. The van der Waals surface area contributed by atoms with Gasteiger partial charge in [-0.1, -0.05) is 83.1 Å². The molecule has 0 aromatic heterocycles. The number of hydrogen-bond donors (Lipinski definition) is 2. The van der Waals surface area contributed by atoms with Gasteiger partial charge in [0.25, 0.3) is 0 Å². The Hall–Kier alpha value is -1.06. The van der Waals surface area contributed by atoms with Crippen LogP contribution in [0.4, 0.5) is 0 Å². The van der Waals surface area contributed by atoms with Crippen molar-refractivity contribution in [3.63, 3.8) is 0 Å². The average molecular weight is 423 g/mol. The van der Waals surface area contributed by atoms with Crippen molar-refractivity contribution < 1.29 is 36.9 Å². The zero-order chi connectivity index (χ0) is 21.7. The van der Waals surface area contributed by atoms with Crippen LogP contribution in [0.15, 0.2) is 23.7 Å². The van der Waals surface area contributed by atoms with E-state index in [4.69, 9.17) is 0 Å². The molecule has 0 saturated heterocycles. The van der Waals surface area contributed by atoms with E-state index in [9.17, 15) is 19.8 Å². The molecule has 0 spiro atoms. The van der Waals surface area contributed by atoms with Gasteiger partial charge in [-0.25, -0.2) is 0 Å². The van der Waals surface area contributed by atoms with Gasteiger partial charge in [-0.15, -0.1) is 0 Å². The molecule has 0 fully saturated rings. The Morgan fingerprint density at radius 3 is 0.815 bits per heavy atom. The molecule has 27 heavy (non-hydrogen) atoms. The smallest absolute Gasteiger partial charge is 0.164 e. The van der Waals surface area contributed by atoms with Crippen molar-refractivity contribution in [1.82, 2.24) is 0 Å². The van der Waals surface area contributed by atoms with E-state index in [0.29, 0.717) is 0 Å². The number of carbonyl (C=O) groups is 2. The molecule has 5 heteroatoms. The van der Waals surface area contributed by atoms with Crippen molar-refractivity contribution in [3.05, 3.63) is 23.7 Å². The first-order valence-electron chi connectivity index (χ1n) is 9.01. The summed E-state index contributed by atoms with van der Waals surface area (Å²) < 4.78 is 0. The topological polar surface area (TPSA) is 74.6 Å². The summed E-state index contributed by atoms with van der Waals surface area (Å²) in [6, 6.07) is 0. The third kappa shape index (κ3) is 13.7. The second-order valence-electron chi connectivity index (χ2n) is 10.8. The van der Waals surface area contributed by atoms with Gasteiger partial charge in [0.05, 0.1) is 0 Å². The average Bonchev–Trinajstić information content (AvgIpc) is 2.34. The molecule has 4 nitrogen and oxygen atoms in total. The summed E-state index contributed by atoms with van der Waals surface area (Å²) in [4.78, 5) is 23.0. The van der Waals surface area contributed by atoms with Crippen molar-refractivity contribution in [2.24, 2.45) is 21.7 Å². The maximum absolute atomic E-state index is 11.5. The number of aliphatic hydroxyl groups excluding tert-OH is 2. The normalized spacial score (nSPS) is 13.9. The van der Waals surface area contributed by atoms with E-state index in [-0.39, 0.29) is 51.0 Å². The van der Waals surface area contributed by atoms with Gasteiger partial charge in [-0.05, 0) is 0 Å². The molecule has 0 amide bonds. The molecule has 2 N–H and O–H groups in total. The zero-order valence-electron chi connectivity index (χ0n) is 19.2. The summed E-state index contributed by atoms with van der Waals surface area (Å²) >= 11 is 0. The Balaban J connectivity index is -0.000000411. The van der Waals surface area contributed by atoms with E-state index < -0.39 is 10.8 Å². The number of ketones is 2. The summed E-state index contributed by atoms with van der Waals surface area (Å²) in [6.07, 6.45) is 2.67. The van der Waals surface area contributed by atoms with E-state index >= 15 is 0 Å². The van der Waals surface area contributed by atoms with Crippen LogP contribution in [-0.4, -0.2) is 21.8 Å². The van der Waals surface area contributed by atoms with E-state index in [1.54, 1.807) is 0 Å². The zero-order valence-corrected chi connectivity index (χ0v) is 20.4. The number of carbonyl (C=O) groups excluding carboxylic acids is 2. The second kappa shape index (κ2) is 10.5. The first-order valence-corrected chi connectivity index (χ1v) is 9.01. The Labute approximate surface area is 177 Å². The van der Waals surface area contributed by atoms with Crippen molar-refractivity contribution in [2.45, 2.75) is 83.1 Å². The van der Waals surface area contributed by atoms with Crippen molar-refractivity contribution in [2.75, 3.05) is 0 Å². The summed E-state index contributed by atoms with van der Waals surface area (Å²) in [5, 5.41) is 19.1. The van der Waals surface area contributed by atoms with Crippen LogP contribution in [0.1, 0.15) is 83.1 Å². The van der Waals surface area contributed by atoms with Gasteiger partial charge >= 0.3 is 0 Å². The predicted octanol–water partition coefficient (Wildman–Crippen LogP) is 6.18. The van der Waals surface area contributed by atoms with Crippen LogP contribution >= 0.6 is 0 Å². The van der Waals surface area contributed by atoms with Crippen LogP contribution in [0.2, 0.25) is 0 Å².